The molecule has 3 aromatic rings. The van der Waals surface area contributed by atoms with Crippen molar-refractivity contribution in [3.63, 3.8) is 0 Å². The van der Waals surface area contributed by atoms with Crippen molar-refractivity contribution in [3.8, 4) is 11.3 Å². The normalized spacial score (nSPS) is 16.2. The van der Waals surface area contributed by atoms with Gasteiger partial charge in [-0.3, -0.25) is 19.3 Å². The molecule has 3 aromatic heterocycles. The van der Waals surface area contributed by atoms with E-state index in [0.29, 0.717) is 40.6 Å². The van der Waals surface area contributed by atoms with Gasteiger partial charge >= 0.3 is 0 Å². The molecule has 10 heteroatoms. The highest BCUT2D eigenvalue weighted by Crippen LogP contribution is 2.42. The molecule has 10 nitrogen and oxygen atoms in total. The fourth-order valence-corrected chi connectivity index (χ4v) is 3.88. The molecule has 0 spiro atoms. The zero-order valence-electron chi connectivity index (χ0n) is 20.6. The Morgan fingerprint density at radius 2 is 2.06 bits per heavy atom. The average Bonchev–Trinajstić information content (AvgIpc) is 3.57. The van der Waals surface area contributed by atoms with E-state index in [1.54, 1.807) is 18.5 Å². The molecule has 0 atom stereocenters. The largest absolute Gasteiger partial charge is 0.368 e. The molecule has 0 bridgehead atoms. The molecule has 1 aliphatic heterocycles. The van der Waals surface area contributed by atoms with Crippen LogP contribution in [0.15, 0.2) is 30.9 Å². The molecule has 2 aliphatic rings. The van der Waals surface area contributed by atoms with Gasteiger partial charge in [-0.2, -0.15) is 5.10 Å². The fourth-order valence-electron chi connectivity index (χ4n) is 3.88. The topological polar surface area (TPSA) is 117 Å². The summed E-state index contributed by atoms with van der Waals surface area (Å²) in [6.45, 7) is -1.95. The van der Waals surface area contributed by atoms with E-state index in [2.05, 4.69) is 31.0 Å². The second kappa shape index (κ2) is 7.63. The molecule has 164 valence electrons. The van der Waals surface area contributed by atoms with Crippen molar-refractivity contribution < 1.29 is 13.7 Å². The predicted molar refractivity (Wildman–Crippen MR) is 121 cm³/mol. The minimum absolute atomic E-state index is 0.00900. The first-order chi connectivity index (χ1) is 16.7. The Morgan fingerprint density at radius 3 is 2.81 bits per heavy atom. The van der Waals surface area contributed by atoms with Crippen LogP contribution in [0.2, 0.25) is 0 Å². The number of aryl methyl sites for hydroxylation is 1. The van der Waals surface area contributed by atoms with Crippen molar-refractivity contribution in [1.82, 2.24) is 25.1 Å². The van der Waals surface area contributed by atoms with Gasteiger partial charge in [0.2, 0.25) is 5.91 Å². The average molecular weight is 436 g/mol. The van der Waals surface area contributed by atoms with Crippen LogP contribution in [-0.2, 0) is 18.3 Å². The van der Waals surface area contributed by atoms with E-state index in [1.165, 1.54) is 19.4 Å². The van der Waals surface area contributed by atoms with Gasteiger partial charge in [-0.25, -0.2) is 4.98 Å². The minimum Gasteiger partial charge on any atom is -0.368 e. The molecule has 0 aromatic carbocycles. The van der Waals surface area contributed by atoms with E-state index in [-0.39, 0.29) is 17.7 Å². The molecule has 1 fully saturated rings. The Morgan fingerprint density at radius 1 is 1.22 bits per heavy atom. The Bertz CT molecular complexity index is 1330. The van der Waals surface area contributed by atoms with E-state index in [9.17, 15) is 9.59 Å². The summed E-state index contributed by atoms with van der Waals surface area (Å²) in [5.74, 6) is -0.0894. The first kappa shape index (κ1) is 16.7. The number of carbonyl (C=O) groups is 2. The van der Waals surface area contributed by atoms with Crippen LogP contribution in [0.1, 0.15) is 32.9 Å². The van der Waals surface area contributed by atoms with Crippen molar-refractivity contribution in [2.75, 3.05) is 29.6 Å². The Hall–Kier alpha value is -3.95. The number of amides is 2. The van der Waals surface area contributed by atoms with Gasteiger partial charge in [0.05, 0.1) is 28.8 Å². The van der Waals surface area contributed by atoms with E-state index >= 15 is 0 Å². The van der Waals surface area contributed by atoms with Crippen LogP contribution in [0, 0.1) is 5.92 Å². The van der Waals surface area contributed by atoms with Crippen LogP contribution in [0.25, 0.3) is 11.3 Å². The second-order valence-corrected chi connectivity index (χ2v) is 7.97. The SMILES string of the molecule is [2H]C([2H])([2H])n1cc2c(n1)-c1cncc(Nc3cc(NC(=O)C4CC4)ncc3C(=O)NC)c1N(C)C2. The van der Waals surface area contributed by atoms with Crippen LogP contribution in [0.4, 0.5) is 22.9 Å². The molecule has 0 radical (unpaired) electrons. The molecule has 2 amide bonds. The summed E-state index contributed by atoms with van der Waals surface area (Å²) in [6.07, 6.45) is 7.93. The molecule has 1 saturated carbocycles. The van der Waals surface area contributed by atoms with E-state index < -0.39 is 6.98 Å². The number of nitrogens with one attached hydrogen (secondary N) is 3. The van der Waals surface area contributed by atoms with Gasteiger partial charge < -0.3 is 20.9 Å². The van der Waals surface area contributed by atoms with Crippen molar-refractivity contribution in [2.45, 2.75) is 19.4 Å². The smallest absolute Gasteiger partial charge is 0.254 e. The maximum atomic E-state index is 12.5. The molecule has 1 aliphatic carbocycles. The molecular formula is C22H24N8O2. The number of nitrogens with zero attached hydrogens (tertiary/aromatic N) is 5. The highest BCUT2D eigenvalue weighted by atomic mass is 16.2. The van der Waals surface area contributed by atoms with Gasteiger partial charge in [0, 0.05) is 73.4 Å². The number of carbonyl (C=O) groups excluding carboxylic acids is 2. The van der Waals surface area contributed by atoms with Crippen LogP contribution < -0.4 is 20.9 Å². The maximum Gasteiger partial charge on any atom is 0.254 e. The molecule has 0 saturated heterocycles. The van der Waals surface area contributed by atoms with Crippen molar-refractivity contribution in [1.29, 1.82) is 0 Å². The molecule has 32 heavy (non-hydrogen) atoms. The Labute approximate surface area is 189 Å². The van der Waals surface area contributed by atoms with Crippen LogP contribution >= 0.6 is 0 Å². The molecule has 0 unspecified atom stereocenters. The van der Waals surface area contributed by atoms with Gasteiger partial charge in [-0.15, -0.1) is 0 Å². The van der Waals surface area contributed by atoms with Crippen molar-refractivity contribution in [2.24, 2.45) is 12.9 Å². The Balaban J connectivity index is 1.55. The summed E-state index contributed by atoms with van der Waals surface area (Å²) >= 11 is 0. The number of hydrogen-bond acceptors (Lipinski definition) is 7. The lowest BCUT2D eigenvalue weighted by Crippen LogP contribution is -2.23. The first-order valence-corrected chi connectivity index (χ1v) is 10.2. The first-order valence-electron chi connectivity index (χ1n) is 11.7. The van der Waals surface area contributed by atoms with E-state index in [1.807, 2.05) is 11.9 Å². The van der Waals surface area contributed by atoms with Gasteiger partial charge in [-0.1, -0.05) is 0 Å². The van der Waals surface area contributed by atoms with Crippen LogP contribution in [-0.4, -0.2) is 45.7 Å². The highest BCUT2D eigenvalue weighted by molar-refractivity contribution is 6.02. The third kappa shape index (κ3) is 3.53. The summed E-state index contributed by atoms with van der Waals surface area (Å²) in [5, 5.41) is 13.0. The standard InChI is InChI=1S/C22H24N8O2/c1-23-22(32)14-8-25-18(27-21(31)12-4-5-12)6-16(14)26-17-9-24-7-15-19-13(11-30(3)28-19)10-29(2)20(15)17/h6-9,11-12H,4-5,10H2,1-3H3,(H,23,32)(H2,25,26,27,31)/i3D3. The summed E-state index contributed by atoms with van der Waals surface area (Å²) in [4.78, 5) is 35.3. The van der Waals surface area contributed by atoms with Crippen molar-refractivity contribution >= 4 is 34.7 Å². The molecule has 3 N–H and O–H groups in total. The monoisotopic (exact) mass is 435 g/mol. The lowest BCUT2D eigenvalue weighted by Gasteiger charge is -2.29. The van der Waals surface area contributed by atoms with Crippen LogP contribution in [0.3, 0.4) is 0 Å². The van der Waals surface area contributed by atoms with E-state index in [4.69, 9.17) is 4.11 Å². The van der Waals surface area contributed by atoms with Gasteiger partial charge in [-0.05, 0) is 12.8 Å². The number of pyridine rings is 2. The third-order valence-electron chi connectivity index (χ3n) is 5.60. The van der Waals surface area contributed by atoms with Crippen molar-refractivity contribution in [3.05, 3.63) is 42.0 Å². The summed E-state index contributed by atoms with van der Waals surface area (Å²) < 4.78 is 24.0. The number of rotatable bonds is 5. The second-order valence-electron chi connectivity index (χ2n) is 7.97. The maximum absolute atomic E-state index is 12.5. The number of anilines is 4. The summed E-state index contributed by atoms with van der Waals surface area (Å²) in [5.41, 5.74) is 4.06. The van der Waals surface area contributed by atoms with Gasteiger partial charge in [0.1, 0.15) is 11.5 Å². The lowest BCUT2D eigenvalue weighted by molar-refractivity contribution is -0.117. The van der Waals surface area contributed by atoms with Crippen LogP contribution in [0.5, 0.6) is 0 Å². The van der Waals surface area contributed by atoms with E-state index in [0.717, 1.165) is 28.8 Å². The third-order valence-corrected chi connectivity index (χ3v) is 5.60. The number of fused-ring (bicyclic) bond motifs is 3. The zero-order valence-corrected chi connectivity index (χ0v) is 17.6. The van der Waals surface area contributed by atoms with Gasteiger partial charge in [0.25, 0.3) is 5.91 Å². The number of hydrogen-bond donors (Lipinski definition) is 3. The zero-order chi connectivity index (χ0) is 24.9. The fraction of sp³-hybridized carbons (Fsp3) is 0.318. The van der Waals surface area contributed by atoms with Gasteiger partial charge in [0.15, 0.2) is 0 Å². The number of aromatic nitrogens is 4. The molecule has 5 rings (SSSR count). The predicted octanol–water partition coefficient (Wildman–Crippen LogP) is 2.28. The summed E-state index contributed by atoms with van der Waals surface area (Å²) in [7, 11) is 3.41. The highest BCUT2D eigenvalue weighted by Gasteiger charge is 2.30. The minimum atomic E-state index is -2.39. The summed E-state index contributed by atoms with van der Waals surface area (Å²) in [6, 6.07) is 1.61. The molecular weight excluding hydrogens is 408 g/mol. The lowest BCUT2D eigenvalue weighted by atomic mass is 10.0. The quantitative estimate of drug-likeness (QED) is 0.563. The molecule has 4 heterocycles. The Kier molecular flexibility index (Phi) is 3.98.